The van der Waals surface area contributed by atoms with Gasteiger partial charge in [0, 0.05) is 5.92 Å². The Hall–Kier alpha value is -2.12. The van der Waals surface area contributed by atoms with E-state index < -0.39 is 0 Å². The molecule has 0 saturated heterocycles. The fourth-order valence-electron chi connectivity index (χ4n) is 2.33. The molecule has 1 heteroatoms. The van der Waals surface area contributed by atoms with Crippen molar-refractivity contribution < 1.29 is 4.74 Å². The second kappa shape index (κ2) is 7.46. The Morgan fingerprint density at radius 1 is 0.850 bits per heavy atom. The lowest BCUT2D eigenvalue weighted by Gasteiger charge is -2.25. The maximum absolute atomic E-state index is 6.00. The normalized spacial score (nSPS) is 13.4. The van der Waals surface area contributed by atoms with E-state index in [4.69, 9.17) is 4.74 Å². The van der Waals surface area contributed by atoms with Crippen LogP contribution in [0.15, 0.2) is 86.0 Å². The molecule has 0 amide bonds. The topological polar surface area (TPSA) is 9.23 Å². The van der Waals surface area contributed by atoms with E-state index in [1.807, 2.05) is 42.5 Å². The highest BCUT2D eigenvalue weighted by Gasteiger charge is 2.22. The highest BCUT2D eigenvalue weighted by atomic mass is 16.5. The molecule has 0 saturated carbocycles. The molecule has 2 aromatic carbocycles. The van der Waals surface area contributed by atoms with Gasteiger partial charge in [-0.3, -0.25) is 0 Å². The van der Waals surface area contributed by atoms with Crippen LogP contribution in [0.25, 0.3) is 0 Å². The summed E-state index contributed by atoms with van der Waals surface area (Å²) in [5.41, 5.74) is 2.36. The summed E-state index contributed by atoms with van der Waals surface area (Å²) in [5, 5.41) is 0. The molecule has 0 bridgehead atoms. The van der Waals surface area contributed by atoms with E-state index in [0.717, 1.165) is 5.56 Å². The Bertz CT molecular complexity index is 530. The van der Waals surface area contributed by atoms with E-state index in [9.17, 15) is 0 Å². The first-order chi connectivity index (χ1) is 9.86. The molecule has 20 heavy (non-hydrogen) atoms. The summed E-state index contributed by atoms with van der Waals surface area (Å²) < 4.78 is 6.00. The third-order valence-electron chi connectivity index (χ3n) is 3.29. The van der Waals surface area contributed by atoms with Crippen LogP contribution in [-0.4, -0.2) is 6.61 Å². The summed E-state index contributed by atoms with van der Waals surface area (Å²) in [4.78, 5) is 0. The molecule has 0 aromatic heterocycles. The molecule has 2 rings (SSSR count). The largest absolute Gasteiger partial charge is 0.369 e. The van der Waals surface area contributed by atoms with Crippen LogP contribution in [0.4, 0.5) is 0 Å². The lowest BCUT2D eigenvalue weighted by Crippen LogP contribution is -2.13. The van der Waals surface area contributed by atoms with Gasteiger partial charge in [-0.25, -0.2) is 0 Å². The zero-order valence-corrected chi connectivity index (χ0v) is 11.6. The molecule has 0 heterocycles. The summed E-state index contributed by atoms with van der Waals surface area (Å²) in [5.74, 6) is 0.124. The first kappa shape index (κ1) is 14.3. The first-order valence-electron chi connectivity index (χ1n) is 6.81. The van der Waals surface area contributed by atoms with Gasteiger partial charge in [-0.1, -0.05) is 72.8 Å². The zero-order chi connectivity index (χ0) is 14.2. The van der Waals surface area contributed by atoms with Crippen LogP contribution in [0.1, 0.15) is 23.1 Å². The fraction of sp³-hybridized carbons (Fsp3) is 0.158. The summed E-state index contributed by atoms with van der Waals surface area (Å²) in [6.45, 7) is 8.24. The third-order valence-corrected chi connectivity index (χ3v) is 3.29. The van der Waals surface area contributed by atoms with Gasteiger partial charge >= 0.3 is 0 Å². The molecular weight excluding hydrogens is 244 g/mol. The second-order valence-corrected chi connectivity index (χ2v) is 4.63. The van der Waals surface area contributed by atoms with Crippen molar-refractivity contribution in [2.75, 3.05) is 6.61 Å². The Balaban J connectivity index is 2.33. The van der Waals surface area contributed by atoms with Gasteiger partial charge in [0.25, 0.3) is 0 Å². The van der Waals surface area contributed by atoms with Crippen LogP contribution >= 0.6 is 0 Å². The lowest BCUT2D eigenvalue weighted by atomic mass is 9.89. The summed E-state index contributed by atoms with van der Waals surface area (Å²) in [6, 6.07) is 20.6. The van der Waals surface area contributed by atoms with E-state index >= 15 is 0 Å². The van der Waals surface area contributed by atoms with Gasteiger partial charge in [-0.05, 0) is 11.1 Å². The van der Waals surface area contributed by atoms with E-state index in [2.05, 4.69) is 37.4 Å². The molecule has 0 fully saturated rings. The minimum absolute atomic E-state index is 0.0471. The molecule has 0 unspecified atom stereocenters. The third kappa shape index (κ3) is 3.46. The quantitative estimate of drug-likeness (QED) is 0.646. The Morgan fingerprint density at radius 2 is 1.40 bits per heavy atom. The second-order valence-electron chi connectivity index (χ2n) is 4.63. The standard InChI is InChI=1S/C19H20O/c1-3-15-20-19(17-13-9-6-10-14-17)18(4-2)16-11-7-5-8-12-16/h3-14,18-19H,1-2,15H2/t18-,19-/m0/s1. The van der Waals surface area contributed by atoms with Gasteiger partial charge in [0.15, 0.2) is 0 Å². The SMILES string of the molecule is C=CCO[C@@H](c1ccccc1)[C@@H](C=C)c1ccccc1. The van der Waals surface area contributed by atoms with Crippen molar-refractivity contribution in [3.8, 4) is 0 Å². The first-order valence-corrected chi connectivity index (χ1v) is 6.81. The molecule has 2 atom stereocenters. The summed E-state index contributed by atoms with van der Waals surface area (Å²) in [7, 11) is 0. The van der Waals surface area contributed by atoms with Gasteiger partial charge in [-0.15, -0.1) is 13.2 Å². The Morgan fingerprint density at radius 3 is 1.90 bits per heavy atom. The average Bonchev–Trinajstić information content (AvgIpc) is 2.53. The zero-order valence-electron chi connectivity index (χ0n) is 11.6. The van der Waals surface area contributed by atoms with E-state index in [0.29, 0.717) is 6.61 Å². The molecule has 0 aliphatic carbocycles. The monoisotopic (exact) mass is 264 g/mol. The molecule has 0 radical (unpaired) electrons. The summed E-state index contributed by atoms with van der Waals surface area (Å²) >= 11 is 0. The van der Waals surface area contributed by atoms with Crippen molar-refractivity contribution in [1.29, 1.82) is 0 Å². The van der Waals surface area contributed by atoms with E-state index in [1.54, 1.807) is 6.08 Å². The fourth-order valence-corrected chi connectivity index (χ4v) is 2.33. The maximum atomic E-state index is 6.00. The number of hydrogen-bond acceptors (Lipinski definition) is 1. The van der Waals surface area contributed by atoms with Crippen LogP contribution in [0.5, 0.6) is 0 Å². The van der Waals surface area contributed by atoms with Crippen LogP contribution in [0, 0.1) is 0 Å². The number of hydrogen-bond donors (Lipinski definition) is 0. The number of rotatable bonds is 7. The van der Waals surface area contributed by atoms with Crippen molar-refractivity contribution in [2.45, 2.75) is 12.0 Å². The predicted octanol–water partition coefficient (Wildman–Crippen LogP) is 4.90. The van der Waals surface area contributed by atoms with Crippen LogP contribution in [0.2, 0.25) is 0 Å². The van der Waals surface area contributed by atoms with Gasteiger partial charge in [-0.2, -0.15) is 0 Å². The van der Waals surface area contributed by atoms with Crippen LogP contribution < -0.4 is 0 Å². The predicted molar refractivity (Wildman–Crippen MR) is 84.7 cm³/mol. The van der Waals surface area contributed by atoms with Gasteiger partial charge in [0.1, 0.15) is 0 Å². The van der Waals surface area contributed by atoms with Crippen molar-refractivity contribution in [3.05, 3.63) is 97.1 Å². The molecule has 0 N–H and O–H groups in total. The van der Waals surface area contributed by atoms with E-state index in [-0.39, 0.29) is 12.0 Å². The van der Waals surface area contributed by atoms with Crippen LogP contribution in [-0.2, 0) is 4.74 Å². The molecule has 0 aliphatic heterocycles. The molecular formula is C19H20O. The van der Waals surface area contributed by atoms with Gasteiger partial charge < -0.3 is 4.74 Å². The summed E-state index contributed by atoms with van der Waals surface area (Å²) in [6.07, 6.45) is 3.69. The lowest BCUT2D eigenvalue weighted by molar-refractivity contribution is 0.0634. The van der Waals surface area contributed by atoms with Crippen molar-refractivity contribution >= 4 is 0 Å². The van der Waals surface area contributed by atoms with Crippen molar-refractivity contribution in [2.24, 2.45) is 0 Å². The molecule has 1 nitrogen and oxygen atoms in total. The Kier molecular flexibility index (Phi) is 5.33. The number of ether oxygens (including phenoxy) is 1. The molecule has 0 spiro atoms. The highest BCUT2D eigenvalue weighted by molar-refractivity contribution is 5.30. The highest BCUT2D eigenvalue weighted by Crippen LogP contribution is 2.34. The maximum Gasteiger partial charge on any atom is 0.0932 e. The van der Waals surface area contributed by atoms with E-state index in [1.165, 1.54) is 5.56 Å². The average molecular weight is 264 g/mol. The van der Waals surface area contributed by atoms with Gasteiger partial charge in [0.2, 0.25) is 0 Å². The van der Waals surface area contributed by atoms with Crippen molar-refractivity contribution in [1.82, 2.24) is 0 Å². The van der Waals surface area contributed by atoms with Crippen molar-refractivity contribution in [3.63, 3.8) is 0 Å². The van der Waals surface area contributed by atoms with Crippen LogP contribution in [0.3, 0.4) is 0 Å². The molecule has 0 aliphatic rings. The minimum atomic E-state index is -0.0471. The Labute approximate surface area is 121 Å². The van der Waals surface area contributed by atoms with Gasteiger partial charge in [0.05, 0.1) is 12.7 Å². The molecule has 2 aromatic rings. The smallest absolute Gasteiger partial charge is 0.0932 e. The molecule has 102 valence electrons. The number of benzene rings is 2. The minimum Gasteiger partial charge on any atom is -0.369 e.